The number of hydrogen-bond donors (Lipinski definition) is 3. The summed E-state index contributed by atoms with van der Waals surface area (Å²) in [6.45, 7) is 2.11. The number of unbranched alkanes of at least 4 members (excludes halogenated alkanes) is 3. The highest BCUT2D eigenvalue weighted by Gasteiger charge is 2.25. The van der Waals surface area contributed by atoms with Gasteiger partial charge in [0.2, 0.25) is 0 Å². The van der Waals surface area contributed by atoms with E-state index >= 15 is 0 Å². The maximum atomic E-state index is 12.7. The fraction of sp³-hybridized carbons (Fsp3) is 0.350. The van der Waals surface area contributed by atoms with Gasteiger partial charge in [-0.05, 0) is 41.8 Å². The van der Waals surface area contributed by atoms with Gasteiger partial charge in [0.05, 0.1) is 10.8 Å². The molecule has 27 heavy (non-hydrogen) atoms. The Kier molecular flexibility index (Phi) is 10.9. The number of carboxylic acids is 1. The van der Waals surface area contributed by atoms with Gasteiger partial charge in [-0.3, -0.25) is 9.00 Å². The first-order chi connectivity index (χ1) is 13.0. The second-order valence-corrected chi connectivity index (χ2v) is 8.08. The molecule has 2 aromatic rings. The van der Waals surface area contributed by atoms with Crippen LogP contribution in [0.25, 0.3) is 11.1 Å². The summed E-state index contributed by atoms with van der Waals surface area (Å²) < 4.78 is 12.7. The Bertz CT molecular complexity index is 720. The van der Waals surface area contributed by atoms with Crippen LogP contribution in [0, 0.1) is 0 Å². The number of nitrogens with two attached hydrogens (primary N) is 1. The zero-order valence-corrected chi connectivity index (χ0v) is 16.9. The van der Waals surface area contributed by atoms with Crippen molar-refractivity contribution in [2.45, 2.75) is 49.2 Å². The van der Waals surface area contributed by atoms with Gasteiger partial charge in [0, 0.05) is 9.92 Å². The zero-order valence-electron chi connectivity index (χ0n) is 15.3. The molecule has 2 rings (SSSR count). The Morgan fingerprint density at radius 2 is 1.52 bits per heavy atom. The van der Waals surface area contributed by atoms with Gasteiger partial charge in [0.25, 0.3) is 0 Å². The van der Waals surface area contributed by atoms with E-state index in [1.54, 1.807) is 12.1 Å². The van der Waals surface area contributed by atoms with Crippen LogP contribution < -0.4 is 5.90 Å². The average Bonchev–Trinajstić information content (AvgIpc) is 2.69. The van der Waals surface area contributed by atoms with E-state index in [9.17, 15) is 14.1 Å². The lowest BCUT2D eigenvalue weighted by molar-refractivity contribution is -0.136. The molecule has 0 saturated heterocycles. The third-order valence-electron chi connectivity index (χ3n) is 4.12. The third-order valence-corrected chi connectivity index (χ3v) is 6.06. The summed E-state index contributed by atoms with van der Waals surface area (Å²) in [6.07, 6.45) is 4.38. The second-order valence-electron chi connectivity index (χ2n) is 6.00. The van der Waals surface area contributed by atoms with Crippen molar-refractivity contribution in [2.75, 3.05) is 0 Å². The fourth-order valence-corrected chi connectivity index (χ4v) is 4.09. The topological polar surface area (TPSA) is 101 Å². The highest BCUT2D eigenvalue weighted by molar-refractivity contribution is 7.86. The molecule has 0 aliphatic heterocycles. The molecule has 5 nitrogen and oxygen atoms in total. The first-order valence-electron chi connectivity index (χ1n) is 8.78. The van der Waals surface area contributed by atoms with E-state index in [-0.39, 0.29) is 0 Å². The van der Waals surface area contributed by atoms with Gasteiger partial charge in [0.15, 0.2) is 0 Å². The molecule has 0 radical (unpaired) electrons. The molecule has 0 bridgehead atoms. The number of hydrogen-bond acceptors (Lipinski definition) is 4. The molecule has 7 heteroatoms. The van der Waals surface area contributed by atoms with E-state index < -0.39 is 22.0 Å². The SMILES string of the molecule is CCCCCCC(C(=O)O)S(=O)c1ccc(-c2ccc(Cl)cc2)cc1.NO. The molecule has 2 aromatic carbocycles. The molecule has 148 valence electrons. The van der Waals surface area contributed by atoms with Gasteiger partial charge in [0.1, 0.15) is 5.25 Å². The van der Waals surface area contributed by atoms with Crippen LogP contribution >= 0.6 is 11.6 Å². The van der Waals surface area contributed by atoms with E-state index in [2.05, 4.69) is 12.8 Å². The van der Waals surface area contributed by atoms with Crippen LogP contribution in [0.5, 0.6) is 0 Å². The molecule has 2 unspecified atom stereocenters. The molecule has 0 aliphatic carbocycles. The normalized spacial score (nSPS) is 12.6. The van der Waals surface area contributed by atoms with Gasteiger partial charge in [-0.1, -0.05) is 68.5 Å². The molecule has 0 fully saturated rings. The van der Waals surface area contributed by atoms with E-state index in [4.69, 9.17) is 16.8 Å². The molecule has 0 aromatic heterocycles. The summed E-state index contributed by atoms with van der Waals surface area (Å²) in [6, 6.07) is 14.7. The average molecular weight is 412 g/mol. The number of aliphatic carboxylic acids is 1. The smallest absolute Gasteiger partial charge is 0.319 e. The van der Waals surface area contributed by atoms with Gasteiger partial charge in [-0.2, -0.15) is 0 Å². The van der Waals surface area contributed by atoms with Gasteiger partial charge < -0.3 is 10.3 Å². The monoisotopic (exact) mass is 411 g/mol. The van der Waals surface area contributed by atoms with Crippen molar-refractivity contribution >= 4 is 28.4 Å². The standard InChI is InChI=1S/C20H23ClO3S.H3NO/c1-2-3-4-5-6-19(20(22)23)25(24)18-13-9-16(10-14-18)15-7-11-17(21)12-8-15;1-2/h7-14,19H,2-6H2,1H3,(H,22,23);2H,1H2. The molecule has 0 spiro atoms. The number of carboxylic acid groups (broad SMARTS) is 1. The van der Waals surface area contributed by atoms with Gasteiger partial charge >= 0.3 is 5.97 Å². The van der Waals surface area contributed by atoms with E-state index in [1.165, 1.54) is 0 Å². The lowest BCUT2D eigenvalue weighted by Crippen LogP contribution is -2.25. The predicted molar refractivity (Wildman–Crippen MR) is 109 cm³/mol. The Morgan fingerprint density at radius 1 is 1.00 bits per heavy atom. The van der Waals surface area contributed by atoms with Gasteiger partial charge in [-0.25, -0.2) is 5.90 Å². The number of benzene rings is 2. The summed E-state index contributed by atoms with van der Waals surface area (Å²) in [5, 5.41) is 15.7. The zero-order chi connectivity index (χ0) is 20.2. The molecular formula is C20H26ClNO4S. The van der Waals surface area contributed by atoms with Gasteiger partial charge in [-0.15, -0.1) is 0 Å². The third kappa shape index (κ3) is 7.42. The number of carbonyl (C=O) groups is 1. The fourth-order valence-electron chi connectivity index (χ4n) is 2.67. The highest BCUT2D eigenvalue weighted by Crippen LogP contribution is 2.24. The summed E-state index contributed by atoms with van der Waals surface area (Å²) in [7, 11) is -1.55. The summed E-state index contributed by atoms with van der Waals surface area (Å²) in [5.41, 5.74) is 1.99. The van der Waals surface area contributed by atoms with Crippen molar-refractivity contribution < 1.29 is 19.3 Å². The molecule has 0 aliphatic rings. The largest absolute Gasteiger partial charge is 0.480 e. The molecule has 4 N–H and O–H groups in total. The van der Waals surface area contributed by atoms with E-state index in [0.717, 1.165) is 36.8 Å². The quantitative estimate of drug-likeness (QED) is 0.403. The first kappa shape index (κ1) is 23.3. The Morgan fingerprint density at radius 3 is 2.00 bits per heavy atom. The summed E-state index contributed by atoms with van der Waals surface area (Å²) in [4.78, 5) is 12.0. The van der Waals surface area contributed by atoms with Crippen LogP contribution in [0.15, 0.2) is 53.4 Å². The van der Waals surface area contributed by atoms with E-state index in [0.29, 0.717) is 16.3 Å². The molecule has 0 heterocycles. The second kappa shape index (κ2) is 12.6. The van der Waals surface area contributed by atoms with Crippen molar-refractivity contribution in [3.63, 3.8) is 0 Å². The van der Waals surface area contributed by atoms with Crippen LogP contribution in [-0.2, 0) is 15.6 Å². The molecular weight excluding hydrogens is 386 g/mol. The van der Waals surface area contributed by atoms with Crippen LogP contribution in [-0.4, -0.2) is 25.7 Å². The maximum absolute atomic E-state index is 12.7. The van der Waals surface area contributed by atoms with Crippen molar-refractivity contribution in [2.24, 2.45) is 5.90 Å². The van der Waals surface area contributed by atoms with E-state index in [1.807, 2.05) is 36.4 Å². The van der Waals surface area contributed by atoms with Crippen LogP contribution in [0.2, 0.25) is 5.02 Å². The molecule has 0 saturated carbocycles. The number of halogens is 1. The minimum absolute atomic E-state index is 0.445. The Hall–Kier alpha value is -1.73. The molecule has 0 amide bonds. The lowest BCUT2D eigenvalue weighted by atomic mass is 10.1. The maximum Gasteiger partial charge on any atom is 0.319 e. The minimum Gasteiger partial charge on any atom is -0.480 e. The Balaban J connectivity index is 0.00000176. The summed E-state index contributed by atoms with van der Waals surface area (Å²) >= 11 is 5.90. The van der Waals surface area contributed by atoms with Crippen molar-refractivity contribution in [1.29, 1.82) is 0 Å². The minimum atomic E-state index is -1.55. The lowest BCUT2D eigenvalue weighted by Gasteiger charge is -2.12. The molecule has 2 atom stereocenters. The highest BCUT2D eigenvalue weighted by atomic mass is 35.5. The number of rotatable bonds is 9. The Labute approximate surface area is 167 Å². The van der Waals surface area contributed by atoms with Crippen molar-refractivity contribution in [3.05, 3.63) is 53.6 Å². The van der Waals surface area contributed by atoms with Crippen LogP contribution in [0.1, 0.15) is 39.0 Å². The van der Waals surface area contributed by atoms with Crippen molar-refractivity contribution in [3.8, 4) is 11.1 Å². The van der Waals surface area contributed by atoms with Crippen molar-refractivity contribution in [1.82, 2.24) is 0 Å². The first-order valence-corrected chi connectivity index (χ1v) is 10.4. The predicted octanol–water partition coefficient (Wildman–Crippen LogP) is 4.87. The summed E-state index contributed by atoms with van der Waals surface area (Å²) in [5.74, 6) is 2.51. The van der Waals surface area contributed by atoms with Crippen LogP contribution in [0.3, 0.4) is 0 Å². The van der Waals surface area contributed by atoms with Crippen LogP contribution in [0.4, 0.5) is 0 Å².